The van der Waals surface area contributed by atoms with Gasteiger partial charge in [0.25, 0.3) is 0 Å². The molecule has 0 spiro atoms. The van der Waals surface area contributed by atoms with Crippen LogP contribution in [0.4, 0.5) is 0 Å². The molecule has 0 aliphatic heterocycles. The van der Waals surface area contributed by atoms with E-state index in [4.69, 9.17) is 0 Å². The number of amides is 1. The highest BCUT2D eigenvalue weighted by atomic mass is 32.2. The predicted octanol–water partition coefficient (Wildman–Crippen LogP) is 3.09. The fourth-order valence-electron chi connectivity index (χ4n) is 1.48. The average Bonchev–Trinajstić information content (AvgIpc) is 2.29. The number of thioether (sulfide) groups is 1. The van der Waals surface area contributed by atoms with E-state index in [1.54, 1.807) is 6.92 Å². The molecule has 0 aromatic rings. The smallest absolute Gasteiger partial charge is 0.222 e. The number of rotatable bonds is 9. The summed E-state index contributed by atoms with van der Waals surface area (Å²) >= 11 is 1.37. The van der Waals surface area contributed by atoms with Gasteiger partial charge < -0.3 is 4.90 Å². The third-order valence-electron chi connectivity index (χ3n) is 2.61. The zero-order valence-electron chi connectivity index (χ0n) is 11.3. The summed E-state index contributed by atoms with van der Waals surface area (Å²) in [4.78, 5) is 24.2. The Morgan fingerprint density at radius 1 is 1.12 bits per heavy atom. The summed E-state index contributed by atoms with van der Waals surface area (Å²) in [5, 5.41) is 0.181. The summed E-state index contributed by atoms with van der Waals surface area (Å²) in [5.41, 5.74) is 0. The number of carbonyl (C=O) groups is 2. The third kappa shape index (κ3) is 10.4. The molecule has 0 unspecified atom stereocenters. The number of hydrogen-bond acceptors (Lipinski definition) is 3. The SMILES string of the molecule is CCCCN(C)C(=O)CCCCCSC(C)=O. The van der Waals surface area contributed by atoms with E-state index in [0.717, 1.165) is 44.4 Å². The summed E-state index contributed by atoms with van der Waals surface area (Å²) < 4.78 is 0. The molecule has 0 heterocycles. The van der Waals surface area contributed by atoms with Crippen LogP contribution in [0.1, 0.15) is 52.4 Å². The zero-order valence-corrected chi connectivity index (χ0v) is 12.1. The molecule has 0 aromatic carbocycles. The standard InChI is InChI=1S/C13H25NO2S/c1-4-5-10-14(3)13(16)9-7-6-8-11-17-12(2)15/h4-11H2,1-3H3. The van der Waals surface area contributed by atoms with Gasteiger partial charge in [-0.2, -0.15) is 0 Å². The lowest BCUT2D eigenvalue weighted by atomic mass is 10.2. The van der Waals surface area contributed by atoms with Gasteiger partial charge in [0.1, 0.15) is 0 Å². The van der Waals surface area contributed by atoms with E-state index in [1.165, 1.54) is 11.8 Å². The summed E-state index contributed by atoms with van der Waals surface area (Å²) in [5.74, 6) is 1.13. The minimum Gasteiger partial charge on any atom is -0.346 e. The van der Waals surface area contributed by atoms with Crippen LogP contribution in [0.25, 0.3) is 0 Å². The van der Waals surface area contributed by atoms with Crippen LogP contribution in [-0.2, 0) is 9.59 Å². The van der Waals surface area contributed by atoms with Crippen molar-refractivity contribution in [3.8, 4) is 0 Å². The second-order valence-electron chi connectivity index (χ2n) is 4.32. The van der Waals surface area contributed by atoms with Gasteiger partial charge in [0, 0.05) is 32.7 Å². The topological polar surface area (TPSA) is 37.4 Å². The lowest BCUT2D eigenvalue weighted by Crippen LogP contribution is -2.27. The molecule has 0 bridgehead atoms. The first kappa shape index (κ1) is 16.5. The van der Waals surface area contributed by atoms with Gasteiger partial charge in [0.2, 0.25) is 5.91 Å². The normalized spacial score (nSPS) is 10.3. The fourth-order valence-corrected chi connectivity index (χ4v) is 2.12. The van der Waals surface area contributed by atoms with Gasteiger partial charge in [0.05, 0.1) is 0 Å². The molecule has 0 N–H and O–H groups in total. The van der Waals surface area contributed by atoms with Crippen LogP contribution in [0.15, 0.2) is 0 Å². The van der Waals surface area contributed by atoms with Crippen LogP contribution in [0.3, 0.4) is 0 Å². The van der Waals surface area contributed by atoms with Crippen molar-refractivity contribution in [1.29, 1.82) is 0 Å². The molecule has 0 aliphatic carbocycles. The second-order valence-corrected chi connectivity index (χ2v) is 5.59. The van der Waals surface area contributed by atoms with Crippen molar-refractivity contribution in [2.24, 2.45) is 0 Å². The van der Waals surface area contributed by atoms with E-state index in [0.29, 0.717) is 6.42 Å². The molecule has 0 radical (unpaired) electrons. The molecule has 0 atom stereocenters. The Morgan fingerprint density at radius 3 is 2.41 bits per heavy atom. The van der Waals surface area contributed by atoms with Crippen molar-refractivity contribution in [2.45, 2.75) is 52.4 Å². The van der Waals surface area contributed by atoms with E-state index in [9.17, 15) is 9.59 Å². The van der Waals surface area contributed by atoms with Crippen LogP contribution in [0, 0.1) is 0 Å². The van der Waals surface area contributed by atoms with Crippen molar-refractivity contribution in [3.05, 3.63) is 0 Å². The number of carbonyl (C=O) groups excluding carboxylic acids is 2. The van der Waals surface area contributed by atoms with E-state index in [2.05, 4.69) is 6.92 Å². The van der Waals surface area contributed by atoms with Gasteiger partial charge in [-0.15, -0.1) is 0 Å². The lowest BCUT2D eigenvalue weighted by Gasteiger charge is -2.16. The molecular weight excluding hydrogens is 234 g/mol. The molecule has 0 fully saturated rings. The van der Waals surface area contributed by atoms with Crippen molar-refractivity contribution in [1.82, 2.24) is 4.90 Å². The maximum Gasteiger partial charge on any atom is 0.222 e. The molecule has 3 nitrogen and oxygen atoms in total. The molecule has 0 saturated carbocycles. The Morgan fingerprint density at radius 2 is 1.82 bits per heavy atom. The Balaban J connectivity index is 3.41. The summed E-state index contributed by atoms with van der Waals surface area (Å²) in [7, 11) is 1.88. The monoisotopic (exact) mass is 259 g/mol. The van der Waals surface area contributed by atoms with Crippen LogP contribution in [-0.4, -0.2) is 35.3 Å². The van der Waals surface area contributed by atoms with Crippen LogP contribution < -0.4 is 0 Å². The Hall–Kier alpha value is -0.510. The minimum atomic E-state index is 0.181. The van der Waals surface area contributed by atoms with Gasteiger partial charge in [-0.05, 0) is 19.3 Å². The molecular formula is C13H25NO2S. The first-order valence-electron chi connectivity index (χ1n) is 6.45. The highest BCUT2D eigenvalue weighted by Gasteiger charge is 2.07. The Labute approximate surface area is 109 Å². The molecule has 4 heteroatoms. The van der Waals surface area contributed by atoms with Crippen molar-refractivity contribution < 1.29 is 9.59 Å². The van der Waals surface area contributed by atoms with Crippen LogP contribution >= 0.6 is 11.8 Å². The van der Waals surface area contributed by atoms with E-state index in [1.807, 2.05) is 11.9 Å². The molecule has 100 valence electrons. The van der Waals surface area contributed by atoms with E-state index < -0.39 is 0 Å². The molecule has 0 saturated heterocycles. The largest absolute Gasteiger partial charge is 0.346 e. The summed E-state index contributed by atoms with van der Waals surface area (Å²) in [6, 6.07) is 0. The quantitative estimate of drug-likeness (QED) is 0.597. The van der Waals surface area contributed by atoms with E-state index in [-0.39, 0.29) is 11.0 Å². The lowest BCUT2D eigenvalue weighted by molar-refractivity contribution is -0.130. The maximum absolute atomic E-state index is 11.7. The second kappa shape index (κ2) is 10.6. The van der Waals surface area contributed by atoms with Gasteiger partial charge in [-0.1, -0.05) is 31.5 Å². The van der Waals surface area contributed by atoms with Gasteiger partial charge in [-0.25, -0.2) is 0 Å². The van der Waals surface area contributed by atoms with Crippen LogP contribution in [0.2, 0.25) is 0 Å². The molecule has 0 aliphatic rings. The van der Waals surface area contributed by atoms with Crippen molar-refractivity contribution in [3.63, 3.8) is 0 Å². The van der Waals surface area contributed by atoms with Crippen LogP contribution in [0.5, 0.6) is 0 Å². The molecule has 0 rings (SSSR count). The highest BCUT2D eigenvalue weighted by Crippen LogP contribution is 2.09. The summed E-state index contributed by atoms with van der Waals surface area (Å²) in [6.45, 7) is 4.59. The average molecular weight is 259 g/mol. The third-order valence-corrected chi connectivity index (χ3v) is 3.51. The predicted molar refractivity (Wildman–Crippen MR) is 74.2 cm³/mol. The molecule has 1 amide bonds. The zero-order chi connectivity index (χ0) is 13.1. The Bertz CT molecular complexity index is 231. The van der Waals surface area contributed by atoms with E-state index >= 15 is 0 Å². The minimum absolute atomic E-state index is 0.181. The van der Waals surface area contributed by atoms with Gasteiger partial charge >= 0.3 is 0 Å². The van der Waals surface area contributed by atoms with Gasteiger partial charge in [0.15, 0.2) is 5.12 Å². The maximum atomic E-state index is 11.7. The number of hydrogen-bond donors (Lipinski definition) is 0. The number of unbranched alkanes of at least 4 members (excludes halogenated alkanes) is 3. The highest BCUT2D eigenvalue weighted by molar-refractivity contribution is 8.13. The Kier molecular flexibility index (Phi) is 10.3. The van der Waals surface area contributed by atoms with Crippen molar-refractivity contribution >= 4 is 22.8 Å². The molecule has 0 aromatic heterocycles. The molecule has 17 heavy (non-hydrogen) atoms. The van der Waals surface area contributed by atoms with Crippen molar-refractivity contribution in [2.75, 3.05) is 19.3 Å². The fraction of sp³-hybridized carbons (Fsp3) is 0.846. The first-order valence-corrected chi connectivity index (χ1v) is 7.43. The van der Waals surface area contributed by atoms with Gasteiger partial charge in [-0.3, -0.25) is 9.59 Å². The first-order chi connectivity index (χ1) is 8.07. The summed E-state index contributed by atoms with van der Waals surface area (Å²) in [6.07, 6.45) is 5.85. The number of nitrogens with zero attached hydrogens (tertiary/aromatic N) is 1.